The molecular formula is C17H18ClF3N2O2S. The molecule has 142 valence electrons. The van der Waals surface area contributed by atoms with Gasteiger partial charge in [0.1, 0.15) is 0 Å². The molecule has 0 heterocycles. The molecule has 3 rings (SSSR count). The zero-order valence-corrected chi connectivity index (χ0v) is 15.2. The summed E-state index contributed by atoms with van der Waals surface area (Å²) in [6, 6.07) is 8.52. The third-order valence-electron chi connectivity index (χ3n) is 4.25. The number of rotatable bonds is 3. The maximum absolute atomic E-state index is 12.8. The minimum atomic E-state index is -4.60. The lowest BCUT2D eigenvalue weighted by Crippen LogP contribution is -2.31. The molecule has 0 spiro atoms. The number of aryl methyl sites for hydroxylation is 1. The number of halogens is 4. The second kappa shape index (κ2) is 7.46. The summed E-state index contributed by atoms with van der Waals surface area (Å²) in [7, 11) is -4.08. The normalized spacial score (nSPS) is 17.3. The summed E-state index contributed by atoms with van der Waals surface area (Å²) >= 11 is 0. The predicted octanol–water partition coefficient (Wildman–Crippen LogP) is 4.07. The molecule has 0 radical (unpaired) electrons. The maximum Gasteiger partial charge on any atom is 0.416 e. The van der Waals surface area contributed by atoms with Crippen LogP contribution in [-0.4, -0.2) is 8.42 Å². The van der Waals surface area contributed by atoms with Crippen molar-refractivity contribution in [1.29, 1.82) is 0 Å². The predicted molar refractivity (Wildman–Crippen MR) is 95.5 cm³/mol. The second-order valence-electron chi connectivity index (χ2n) is 6.05. The van der Waals surface area contributed by atoms with E-state index in [1.807, 2.05) is 0 Å². The van der Waals surface area contributed by atoms with Crippen molar-refractivity contribution in [2.45, 2.75) is 36.4 Å². The van der Waals surface area contributed by atoms with Gasteiger partial charge in [-0.25, -0.2) is 13.1 Å². The van der Waals surface area contributed by atoms with Gasteiger partial charge in [-0.3, -0.25) is 0 Å². The van der Waals surface area contributed by atoms with E-state index in [9.17, 15) is 21.6 Å². The topological polar surface area (TPSA) is 72.2 Å². The van der Waals surface area contributed by atoms with Crippen LogP contribution < -0.4 is 10.5 Å². The minimum absolute atomic E-state index is 0. The first-order valence-corrected chi connectivity index (χ1v) is 9.23. The van der Waals surface area contributed by atoms with Crippen molar-refractivity contribution in [3.8, 4) is 0 Å². The Morgan fingerprint density at radius 2 is 1.85 bits per heavy atom. The van der Waals surface area contributed by atoms with E-state index in [2.05, 4.69) is 4.72 Å². The Kier molecular flexibility index (Phi) is 5.89. The zero-order valence-electron chi connectivity index (χ0n) is 13.6. The number of benzene rings is 2. The first-order chi connectivity index (χ1) is 11.7. The van der Waals surface area contributed by atoms with Crippen LogP contribution in [0.1, 0.15) is 35.6 Å². The van der Waals surface area contributed by atoms with E-state index < -0.39 is 32.7 Å². The van der Waals surface area contributed by atoms with E-state index in [1.165, 1.54) is 0 Å². The number of nitrogens with one attached hydrogen (secondary N) is 1. The van der Waals surface area contributed by atoms with Crippen molar-refractivity contribution >= 4 is 28.1 Å². The quantitative estimate of drug-likeness (QED) is 0.755. The van der Waals surface area contributed by atoms with Gasteiger partial charge in [0, 0.05) is 11.7 Å². The maximum atomic E-state index is 12.8. The number of sulfonamides is 1. The first-order valence-electron chi connectivity index (χ1n) is 7.75. The van der Waals surface area contributed by atoms with Gasteiger partial charge in [0.2, 0.25) is 10.0 Å². The molecule has 2 aromatic carbocycles. The summed E-state index contributed by atoms with van der Waals surface area (Å²) < 4.78 is 66.1. The van der Waals surface area contributed by atoms with Crippen molar-refractivity contribution in [2.24, 2.45) is 0 Å². The van der Waals surface area contributed by atoms with Crippen molar-refractivity contribution in [3.05, 3.63) is 59.2 Å². The number of nitrogen functional groups attached to an aromatic ring is 1. The molecule has 9 heteroatoms. The van der Waals surface area contributed by atoms with Crippen molar-refractivity contribution < 1.29 is 21.6 Å². The Bertz CT molecular complexity index is 901. The summed E-state index contributed by atoms with van der Waals surface area (Å²) in [6.45, 7) is 0. The van der Waals surface area contributed by atoms with Crippen LogP contribution in [0.2, 0.25) is 0 Å². The molecule has 0 saturated carbocycles. The van der Waals surface area contributed by atoms with Crippen molar-refractivity contribution in [2.75, 3.05) is 5.73 Å². The average Bonchev–Trinajstić information content (AvgIpc) is 2.54. The molecule has 0 bridgehead atoms. The lowest BCUT2D eigenvalue weighted by molar-refractivity contribution is -0.137. The molecule has 4 nitrogen and oxygen atoms in total. The Hall–Kier alpha value is -1.77. The summed E-state index contributed by atoms with van der Waals surface area (Å²) in [5.74, 6) is 0. The molecule has 1 aliphatic rings. The van der Waals surface area contributed by atoms with E-state index in [1.54, 1.807) is 18.2 Å². The van der Waals surface area contributed by atoms with Gasteiger partial charge in [-0.15, -0.1) is 12.4 Å². The Labute approximate surface area is 156 Å². The highest BCUT2D eigenvalue weighted by molar-refractivity contribution is 7.89. The molecule has 2 aromatic rings. The fourth-order valence-corrected chi connectivity index (χ4v) is 4.35. The minimum Gasteiger partial charge on any atom is -0.399 e. The largest absolute Gasteiger partial charge is 0.416 e. The molecule has 1 aliphatic carbocycles. The van der Waals surface area contributed by atoms with Gasteiger partial charge in [0.15, 0.2) is 0 Å². The van der Waals surface area contributed by atoms with E-state index >= 15 is 0 Å². The molecular weight excluding hydrogens is 389 g/mol. The van der Waals surface area contributed by atoms with E-state index in [0.717, 1.165) is 42.2 Å². The second-order valence-corrected chi connectivity index (χ2v) is 7.76. The number of nitrogens with two attached hydrogens (primary N) is 1. The monoisotopic (exact) mass is 406 g/mol. The van der Waals surface area contributed by atoms with Crippen LogP contribution in [0.5, 0.6) is 0 Å². The van der Waals surface area contributed by atoms with Crippen molar-refractivity contribution in [3.63, 3.8) is 0 Å². The van der Waals surface area contributed by atoms with Crippen molar-refractivity contribution in [1.82, 2.24) is 4.72 Å². The molecule has 0 aliphatic heterocycles. The van der Waals surface area contributed by atoms with Gasteiger partial charge in [-0.2, -0.15) is 13.2 Å². The van der Waals surface area contributed by atoms with Gasteiger partial charge >= 0.3 is 6.18 Å². The molecule has 1 atom stereocenters. The molecule has 3 N–H and O–H groups in total. The summed E-state index contributed by atoms with van der Waals surface area (Å²) in [5.41, 5.74) is 7.14. The molecule has 0 saturated heterocycles. The summed E-state index contributed by atoms with van der Waals surface area (Å²) in [5, 5.41) is 0. The molecule has 1 unspecified atom stereocenters. The number of hydrogen-bond donors (Lipinski definition) is 2. The van der Waals surface area contributed by atoms with E-state index in [0.29, 0.717) is 18.2 Å². The van der Waals surface area contributed by atoms with Crippen LogP contribution in [-0.2, 0) is 22.6 Å². The number of hydrogen-bond acceptors (Lipinski definition) is 3. The standard InChI is InChI=1S/C17H17F3N2O2S.ClH/c18-17(19,20)12-4-2-5-14(10-12)25(23,24)22-16-6-1-3-11-9-13(21)7-8-15(11)16;/h2,4-5,7-10,16,22H,1,3,6,21H2;1H. The highest BCUT2D eigenvalue weighted by Crippen LogP contribution is 2.33. The van der Waals surface area contributed by atoms with E-state index in [-0.39, 0.29) is 12.4 Å². The van der Waals surface area contributed by atoms with Crippen LogP contribution in [0.3, 0.4) is 0 Å². The average molecular weight is 407 g/mol. The smallest absolute Gasteiger partial charge is 0.399 e. The lowest BCUT2D eigenvalue weighted by atomic mass is 9.88. The van der Waals surface area contributed by atoms with Crippen LogP contribution in [0.15, 0.2) is 47.4 Å². The number of alkyl halides is 3. The Morgan fingerprint density at radius 1 is 1.12 bits per heavy atom. The summed E-state index contributed by atoms with van der Waals surface area (Å²) in [4.78, 5) is -0.398. The highest BCUT2D eigenvalue weighted by Gasteiger charge is 2.32. The van der Waals surface area contributed by atoms with Gasteiger partial charge in [-0.1, -0.05) is 12.1 Å². The van der Waals surface area contributed by atoms with Crippen LogP contribution in [0, 0.1) is 0 Å². The van der Waals surface area contributed by atoms with Gasteiger partial charge < -0.3 is 5.73 Å². The lowest BCUT2D eigenvalue weighted by Gasteiger charge is -2.26. The highest BCUT2D eigenvalue weighted by atomic mass is 35.5. The van der Waals surface area contributed by atoms with Crippen LogP contribution in [0.25, 0.3) is 0 Å². The number of fused-ring (bicyclic) bond motifs is 1. The zero-order chi connectivity index (χ0) is 18.2. The van der Waals surface area contributed by atoms with Gasteiger partial charge in [0.25, 0.3) is 0 Å². The van der Waals surface area contributed by atoms with E-state index in [4.69, 9.17) is 5.73 Å². The SMILES string of the molecule is Cl.Nc1ccc2c(c1)CCCC2NS(=O)(=O)c1cccc(C(F)(F)F)c1. The molecule has 0 fully saturated rings. The molecule has 26 heavy (non-hydrogen) atoms. The van der Waals surface area contributed by atoms with Gasteiger partial charge in [-0.05, 0) is 60.7 Å². The number of anilines is 1. The third kappa shape index (κ3) is 4.31. The Morgan fingerprint density at radius 3 is 2.54 bits per heavy atom. The fraction of sp³-hybridized carbons (Fsp3) is 0.294. The first kappa shape index (κ1) is 20.5. The van der Waals surface area contributed by atoms with Crippen LogP contribution >= 0.6 is 12.4 Å². The van der Waals surface area contributed by atoms with Crippen LogP contribution in [0.4, 0.5) is 18.9 Å². The van der Waals surface area contributed by atoms with Gasteiger partial charge in [0.05, 0.1) is 10.5 Å². The summed E-state index contributed by atoms with van der Waals surface area (Å²) in [6.07, 6.45) is -2.45. The molecule has 0 amide bonds. The Balaban J connectivity index is 0.00000243. The third-order valence-corrected chi connectivity index (χ3v) is 5.72. The fourth-order valence-electron chi connectivity index (χ4n) is 3.05. The molecule has 0 aromatic heterocycles.